The summed E-state index contributed by atoms with van der Waals surface area (Å²) in [5, 5.41) is 4.96. The molecule has 2 N–H and O–H groups in total. The van der Waals surface area contributed by atoms with Gasteiger partial charge in [0.15, 0.2) is 6.10 Å². The van der Waals surface area contributed by atoms with Crippen molar-refractivity contribution in [3.05, 3.63) is 48.5 Å². The van der Waals surface area contributed by atoms with Crippen LogP contribution < -0.4 is 20.1 Å². The summed E-state index contributed by atoms with van der Waals surface area (Å²) in [7, 11) is 1.25. The van der Waals surface area contributed by atoms with Crippen molar-refractivity contribution in [1.29, 1.82) is 0 Å². The zero-order chi connectivity index (χ0) is 19.8. The molecule has 0 radical (unpaired) electrons. The number of anilines is 2. The van der Waals surface area contributed by atoms with E-state index in [1.54, 1.807) is 30.3 Å². The Labute approximate surface area is 154 Å². The van der Waals surface area contributed by atoms with Gasteiger partial charge in [-0.1, -0.05) is 12.1 Å². The molecule has 0 saturated carbocycles. The van der Waals surface area contributed by atoms with Crippen LogP contribution in [0.3, 0.4) is 0 Å². The van der Waals surface area contributed by atoms with Gasteiger partial charge in [0.2, 0.25) is 0 Å². The van der Waals surface area contributed by atoms with Gasteiger partial charge in [-0.25, -0.2) is 4.79 Å². The van der Waals surface area contributed by atoms with E-state index in [-0.39, 0.29) is 11.4 Å². The van der Waals surface area contributed by atoms with Crippen molar-refractivity contribution in [3.8, 4) is 11.5 Å². The summed E-state index contributed by atoms with van der Waals surface area (Å²) >= 11 is 0. The number of hydrogen-bond donors (Lipinski definition) is 2. The summed E-state index contributed by atoms with van der Waals surface area (Å²) in [5.41, 5.74) is 0.597. The van der Waals surface area contributed by atoms with E-state index in [1.807, 2.05) is 0 Å². The van der Waals surface area contributed by atoms with Crippen molar-refractivity contribution >= 4 is 23.4 Å². The summed E-state index contributed by atoms with van der Waals surface area (Å²) in [4.78, 5) is 23.4. The van der Waals surface area contributed by atoms with Gasteiger partial charge >= 0.3 is 12.7 Å². The number of ether oxygens (including phenoxy) is 3. The predicted octanol–water partition coefficient (Wildman–Crippen LogP) is 3.87. The maximum absolute atomic E-state index is 12.4. The lowest BCUT2D eigenvalue weighted by molar-refractivity contribution is -0.122. The van der Waals surface area contributed by atoms with Crippen LogP contribution in [0.15, 0.2) is 48.5 Å². The van der Waals surface area contributed by atoms with E-state index in [9.17, 15) is 18.4 Å². The number of methoxy groups -OCH3 is 1. The number of hydrogen-bond acceptors (Lipinski definition) is 5. The Bertz CT molecular complexity index is 784. The van der Waals surface area contributed by atoms with Crippen molar-refractivity contribution in [2.24, 2.45) is 0 Å². The molecule has 2 aromatic rings. The van der Waals surface area contributed by atoms with Gasteiger partial charge in [-0.3, -0.25) is 10.1 Å². The van der Waals surface area contributed by atoms with Gasteiger partial charge in [0.1, 0.15) is 11.5 Å². The van der Waals surface area contributed by atoms with Crippen LogP contribution in [0.4, 0.5) is 25.0 Å². The second kappa shape index (κ2) is 9.37. The maximum atomic E-state index is 12.4. The first-order valence-corrected chi connectivity index (χ1v) is 7.85. The smallest absolute Gasteiger partial charge is 0.411 e. The largest absolute Gasteiger partial charge is 0.481 e. The molecule has 2 rings (SSSR count). The van der Waals surface area contributed by atoms with E-state index in [0.717, 1.165) is 0 Å². The number of nitrogens with one attached hydrogen (secondary N) is 2. The van der Waals surface area contributed by atoms with Crippen LogP contribution in [-0.2, 0) is 9.53 Å². The summed E-state index contributed by atoms with van der Waals surface area (Å²) in [6.45, 7) is -1.50. The number of alkyl halides is 2. The molecule has 1 unspecified atom stereocenters. The molecule has 0 aliphatic heterocycles. The van der Waals surface area contributed by atoms with Crippen LogP contribution in [-0.4, -0.2) is 31.8 Å². The van der Waals surface area contributed by atoms with Crippen molar-refractivity contribution < 1.29 is 32.6 Å². The van der Waals surface area contributed by atoms with Gasteiger partial charge in [0.05, 0.1) is 12.8 Å². The van der Waals surface area contributed by atoms with E-state index < -0.39 is 24.7 Å². The molecule has 0 spiro atoms. The van der Waals surface area contributed by atoms with E-state index in [2.05, 4.69) is 20.1 Å². The van der Waals surface area contributed by atoms with Gasteiger partial charge in [-0.05, 0) is 43.3 Å². The van der Waals surface area contributed by atoms with Gasteiger partial charge in [-0.2, -0.15) is 8.78 Å². The minimum Gasteiger partial charge on any atom is -0.481 e. The molecule has 144 valence electrons. The third-order valence-corrected chi connectivity index (χ3v) is 3.33. The summed E-state index contributed by atoms with van der Waals surface area (Å²) in [6, 6.07) is 12.1. The third kappa shape index (κ3) is 6.14. The van der Waals surface area contributed by atoms with Gasteiger partial charge in [0.25, 0.3) is 5.91 Å². The summed E-state index contributed by atoms with van der Waals surface area (Å²) in [5.74, 6) is -0.312. The van der Waals surface area contributed by atoms with Gasteiger partial charge < -0.3 is 19.5 Å². The molecule has 7 nitrogen and oxygen atoms in total. The van der Waals surface area contributed by atoms with Gasteiger partial charge in [0, 0.05) is 5.69 Å². The number of carbonyl (C=O) groups excluding carboxylic acids is 2. The number of amides is 2. The Morgan fingerprint density at radius 2 is 1.63 bits per heavy atom. The lowest BCUT2D eigenvalue weighted by atomic mass is 10.2. The number of carbonyl (C=O) groups is 2. The molecular weight excluding hydrogens is 362 g/mol. The van der Waals surface area contributed by atoms with Crippen LogP contribution >= 0.6 is 0 Å². The number of halogens is 2. The highest BCUT2D eigenvalue weighted by Gasteiger charge is 2.18. The van der Waals surface area contributed by atoms with Crippen molar-refractivity contribution in [1.82, 2.24) is 0 Å². The molecule has 2 aromatic carbocycles. The predicted molar refractivity (Wildman–Crippen MR) is 94.3 cm³/mol. The monoisotopic (exact) mass is 380 g/mol. The Balaban J connectivity index is 1.97. The molecule has 0 fully saturated rings. The summed E-state index contributed by atoms with van der Waals surface area (Å²) in [6.07, 6.45) is -1.52. The lowest BCUT2D eigenvalue weighted by Crippen LogP contribution is -2.30. The molecular formula is C18H18F2N2O5. The first kappa shape index (κ1) is 20.0. The van der Waals surface area contributed by atoms with E-state index in [4.69, 9.17) is 4.74 Å². The highest BCUT2D eigenvalue weighted by molar-refractivity contribution is 5.95. The number of benzene rings is 2. The molecule has 9 heteroatoms. The van der Waals surface area contributed by atoms with Crippen LogP contribution in [0.25, 0.3) is 0 Å². The first-order valence-electron chi connectivity index (χ1n) is 7.85. The van der Waals surface area contributed by atoms with Crippen LogP contribution in [0, 0.1) is 0 Å². The molecule has 0 saturated heterocycles. The Morgan fingerprint density at radius 3 is 2.26 bits per heavy atom. The normalized spacial score (nSPS) is 11.4. The fourth-order valence-corrected chi connectivity index (χ4v) is 2.05. The van der Waals surface area contributed by atoms with E-state index in [1.165, 1.54) is 32.2 Å². The van der Waals surface area contributed by atoms with Crippen LogP contribution in [0.2, 0.25) is 0 Å². The topological polar surface area (TPSA) is 85.9 Å². The molecule has 0 aromatic heterocycles. The molecule has 0 heterocycles. The van der Waals surface area contributed by atoms with Crippen molar-refractivity contribution in [2.45, 2.75) is 19.6 Å². The molecule has 1 atom stereocenters. The molecule has 27 heavy (non-hydrogen) atoms. The highest BCUT2D eigenvalue weighted by atomic mass is 19.3. The van der Waals surface area contributed by atoms with Crippen LogP contribution in [0.1, 0.15) is 6.92 Å². The highest BCUT2D eigenvalue weighted by Crippen LogP contribution is 2.26. The Morgan fingerprint density at radius 1 is 0.963 bits per heavy atom. The zero-order valence-corrected chi connectivity index (χ0v) is 14.6. The van der Waals surface area contributed by atoms with E-state index in [0.29, 0.717) is 11.4 Å². The van der Waals surface area contributed by atoms with Crippen LogP contribution in [0.5, 0.6) is 11.5 Å². The quantitative estimate of drug-likeness (QED) is 0.762. The zero-order valence-electron chi connectivity index (χ0n) is 14.6. The second-order valence-electron chi connectivity index (χ2n) is 5.26. The first-order chi connectivity index (χ1) is 12.9. The average Bonchev–Trinajstić information content (AvgIpc) is 2.64. The second-order valence-corrected chi connectivity index (χ2v) is 5.26. The minimum absolute atomic E-state index is 0.107. The van der Waals surface area contributed by atoms with Gasteiger partial charge in [-0.15, -0.1) is 0 Å². The fourth-order valence-electron chi connectivity index (χ4n) is 2.05. The maximum Gasteiger partial charge on any atom is 0.411 e. The average molecular weight is 380 g/mol. The SMILES string of the molecule is COC(=O)Nc1ccc(OC(C)C(=O)Nc2ccccc2OC(F)F)cc1. The minimum atomic E-state index is -3.01. The van der Waals surface area contributed by atoms with Crippen molar-refractivity contribution in [2.75, 3.05) is 17.7 Å². The number of para-hydroxylation sites is 2. The molecule has 0 aliphatic carbocycles. The standard InChI is InChI=1S/C18H18F2N2O5/c1-11(26-13-9-7-12(8-10-13)21-18(24)25-2)16(23)22-14-5-3-4-6-15(14)27-17(19)20/h3-11,17H,1-2H3,(H,21,24)(H,22,23). The molecule has 2 amide bonds. The lowest BCUT2D eigenvalue weighted by Gasteiger charge is -2.16. The third-order valence-electron chi connectivity index (χ3n) is 3.33. The number of rotatable bonds is 7. The fraction of sp³-hybridized carbons (Fsp3) is 0.222. The van der Waals surface area contributed by atoms with Crippen molar-refractivity contribution in [3.63, 3.8) is 0 Å². The molecule has 0 bridgehead atoms. The van der Waals surface area contributed by atoms with E-state index >= 15 is 0 Å². The summed E-state index contributed by atoms with van der Waals surface area (Å²) < 4.78 is 39.2. The molecule has 0 aliphatic rings. The Hall–Kier alpha value is -3.36. The Kier molecular flexibility index (Phi) is 6.93.